The molecule has 0 aliphatic rings. The van der Waals surface area contributed by atoms with Gasteiger partial charge in [0, 0.05) is 36.0 Å². The van der Waals surface area contributed by atoms with E-state index in [0.29, 0.717) is 17.4 Å². The topological polar surface area (TPSA) is 78.9 Å². The minimum absolute atomic E-state index is 0.446. The molecule has 6 nitrogen and oxygen atoms in total. The number of benzene rings is 1. The second-order valence-corrected chi connectivity index (χ2v) is 4.13. The van der Waals surface area contributed by atoms with Crippen molar-refractivity contribution in [2.24, 2.45) is 0 Å². The van der Waals surface area contributed by atoms with Crippen molar-refractivity contribution in [3.63, 3.8) is 0 Å². The first-order chi connectivity index (χ1) is 9.79. The Labute approximate surface area is 115 Å². The van der Waals surface area contributed by atoms with E-state index >= 15 is 0 Å². The first-order valence-electron chi connectivity index (χ1n) is 6.04. The molecule has 2 heterocycles. The minimum atomic E-state index is 0.446. The third-order valence-electron chi connectivity index (χ3n) is 2.88. The number of nitrogens with zero attached hydrogens (tertiary/aromatic N) is 4. The van der Waals surface area contributed by atoms with Gasteiger partial charge in [0.2, 0.25) is 5.82 Å². The van der Waals surface area contributed by atoms with Crippen LogP contribution in [0.15, 0.2) is 49.1 Å². The van der Waals surface area contributed by atoms with Crippen LogP contribution in [0, 0.1) is 0 Å². The number of hydrogen-bond donors (Lipinski definition) is 1. The molecule has 3 rings (SSSR count). The molecule has 0 atom stereocenters. The van der Waals surface area contributed by atoms with Crippen LogP contribution in [0.3, 0.4) is 0 Å². The molecule has 0 fully saturated rings. The van der Waals surface area contributed by atoms with Gasteiger partial charge in [-0.05, 0) is 24.3 Å². The summed E-state index contributed by atoms with van der Waals surface area (Å²) < 4.78 is 7.07. The number of methoxy groups -OCH3 is 1. The van der Waals surface area contributed by atoms with Crippen molar-refractivity contribution in [2.45, 2.75) is 0 Å². The van der Waals surface area contributed by atoms with Crippen molar-refractivity contribution < 1.29 is 4.74 Å². The van der Waals surface area contributed by atoms with Crippen molar-refractivity contribution in [1.29, 1.82) is 0 Å². The van der Waals surface area contributed by atoms with Gasteiger partial charge in [-0.3, -0.25) is 4.57 Å². The molecule has 1 aromatic carbocycles. The molecule has 0 bridgehead atoms. The van der Waals surface area contributed by atoms with Crippen LogP contribution < -0.4 is 10.5 Å². The maximum Gasteiger partial charge on any atom is 0.258 e. The maximum atomic E-state index is 5.71. The highest BCUT2D eigenvalue weighted by molar-refractivity contribution is 5.61. The van der Waals surface area contributed by atoms with Gasteiger partial charge in [-0.1, -0.05) is 0 Å². The molecule has 0 radical (unpaired) electrons. The summed E-state index contributed by atoms with van der Waals surface area (Å²) in [6, 6.07) is 7.50. The predicted molar refractivity (Wildman–Crippen MR) is 75.6 cm³/mol. The fraction of sp³-hybridized carbons (Fsp3) is 0.0714. The Morgan fingerprint density at radius 2 is 1.75 bits per heavy atom. The lowest BCUT2D eigenvalue weighted by Gasteiger charge is -2.09. The number of rotatable bonds is 3. The number of aromatic nitrogens is 4. The van der Waals surface area contributed by atoms with E-state index in [-0.39, 0.29) is 0 Å². The third-order valence-corrected chi connectivity index (χ3v) is 2.88. The van der Waals surface area contributed by atoms with Crippen LogP contribution in [0.2, 0.25) is 0 Å². The molecule has 20 heavy (non-hydrogen) atoms. The van der Waals surface area contributed by atoms with Crippen LogP contribution in [0.4, 0.5) is 5.69 Å². The lowest BCUT2D eigenvalue weighted by Crippen LogP contribution is -2.03. The second kappa shape index (κ2) is 5.00. The molecule has 0 spiro atoms. The Kier molecular flexibility index (Phi) is 3.04. The molecular formula is C14H13N5O. The van der Waals surface area contributed by atoms with E-state index in [2.05, 4.69) is 15.0 Å². The summed E-state index contributed by atoms with van der Waals surface area (Å²) in [5.74, 6) is 1.80. The molecule has 0 amide bonds. The fourth-order valence-corrected chi connectivity index (χ4v) is 1.95. The Hall–Kier alpha value is -2.89. The van der Waals surface area contributed by atoms with Crippen LogP contribution >= 0.6 is 0 Å². The highest BCUT2D eigenvalue weighted by Gasteiger charge is 2.13. The Balaban J connectivity index is 2.13. The second-order valence-electron chi connectivity index (χ2n) is 4.13. The molecule has 0 saturated carbocycles. The SMILES string of the molecule is COc1nccnc1-n1ccnc1-c1ccc(N)cc1. The molecule has 0 aliphatic heterocycles. The largest absolute Gasteiger partial charge is 0.478 e. The highest BCUT2D eigenvalue weighted by atomic mass is 16.5. The average Bonchev–Trinajstić information content (AvgIpc) is 2.97. The molecule has 2 N–H and O–H groups in total. The van der Waals surface area contributed by atoms with Gasteiger partial charge in [0.05, 0.1) is 7.11 Å². The Morgan fingerprint density at radius 1 is 1.00 bits per heavy atom. The van der Waals surface area contributed by atoms with Gasteiger partial charge in [-0.15, -0.1) is 0 Å². The average molecular weight is 267 g/mol. The molecule has 0 saturated heterocycles. The zero-order chi connectivity index (χ0) is 13.9. The summed E-state index contributed by atoms with van der Waals surface area (Å²) in [7, 11) is 1.56. The number of imidazole rings is 1. The van der Waals surface area contributed by atoms with Crippen molar-refractivity contribution >= 4 is 5.69 Å². The first-order valence-corrected chi connectivity index (χ1v) is 6.04. The standard InChI is InChI=1S/C14H13N5O/c1-20-14-13(16-6-7-18-14)19-9-8-17-12(19)10-2-4-11(15)5-3-10/h2-9H,15H2,1H3. The third kappa shape index (κ3) is 2.07. The number of hydrogen-bond acceptors (Lipinski definition) is 5. The molecular weight excluding hydrogens is 254 g/mol. The smallest absolute Gasteiger partial charge is 0.258 e. The molecule has 100 valence electrons. The van der Waals surface area contributed by atoms with Gasteiger partial charge in [-0.25, -0.2) is 15.0 Å². The lowest BCUT2D eigenvalue weighted by atomic mass is 10.2. The molecule has 3 aromatic rings. The van der Waals surface area contributed by atoms with Gasteiger partial charge in [0.15, 0.2) is 0 Å². The van der Waals surface area contributed by atoms with Gasteiger partial charge in [0.25, 0.3) is 5.88 Å². The maximum absolute atomic E-state index is 5.71. The molecule has 0 unspecified atom stereocenters. The van der Waals surface area contributed by atoms with E-state index in [4.69, 9.17) is 10.5 Å². The number of anilines is 1. The summed E-state index contributed by atoms with van der Waals surface area (Å²) in [5, 5.41) is 0. The van der Waals surface area contributed by atoms with E-state index in [1.807, 2.05) is 35.0 Å². The number of nitrogen functional groups attached to an aromatic ring is 1. The van der Waals surface area contributed by atoms with Crippen LogP contribution in [0.1, 0.15) is 0 Å². The van der Waals surface area contributed by atoms with Gasteiger partial charge in [-0.2, -0.15) is 0 Å². The van der Waals surface area contributed by atoms with Crippen LogP contribution in [-0.4, -0.2) is 26.6 Å². The van der Waals surface area contributed by atoms with E-state index in [1.165, 1.54) is 0 Å². The van der Waals surface area contributed by atoms with Gasteiger partial charge in [0.1, 0.15) is 5.82 Å². The summed E-state index contributed by atoms with van der Waals surface area (Å²) in [6.45, 7) is 0. The van der Waals surface area contributed by atoms with Crippen LogP contribution in [0.5, 0.6) is 5.88 Å². The van der Waals surface area contributed by atoms with Crippen LogP contribution in [-0.2, 0) is 0 Å². The fourth-order valence-electron chi connectivity index (χ4n) is 1.95. The molecule has 6 heteroatoms. The zero-order valence-corrected chi connectivity index (χ0v) is 10.9. The molecule has 2 aromatic heterocycles. The monoisotopic (exact) mass is 267 g/mol. The zero-order valence-electron chi connectivity index (χ0n) is 10.9. The van der Waals surface area contributed by atoms with Crippen molar-refractivity contribution in [3.8, 4) is 23.1 Å². The van der Waals surface area contributed by atoms with Crippen LogP contribution in [0.25, 0.3) is 17.2 Å². The molecule has 0 aliphatic carbocycles. The van der Waals surface area contributed by atoms with E-state index in [0.717, 1.165) is 11.4 Å². The van der Waals surface area contributed by atoms with Crippen molar-refractivity contribution in [2.75, 3.05) is 12.8 Å². The number of ether oxygens (including phenoxy) is 1. The summed E-state index contributed by atoms with van der Waals surface area (Å²) in [6.07, 6.45) is 6.73. The predicted octanol–water partition coefficient (Wildman–Crippen LogP) is 1.92. The normalized spacial score (nSPS) is 10.4. The number of nitrogens with two attached hydrogens (primary N) is 1. The van der Waals surface area contributed by atoms with Gasteiger partial charge < -0.3 is 10.5 Å². The Bertz CT molecular complexity index is 720. The highest BCUT2D eigenvalue weighted by Crippen LogP contribution is 2.24. The summed E-state index contributed by atoms with van der Waals surface area (Å²) in [4.78, 5) is 12.8. The lowest BCUT2D eigenvalue weighted by molar-refractivity contribution is 0.393. The Morgan fingerprint density at radius 3 is 2.50 bits per heavy atom. The van der Waals surface area contributed by atoms with Gasteiger partial charge >= 0.3 is 0 Å². The summed E-state index contributed by atoms with van der Waals surface area (Å²) in [5.41, 5.74) is 7.36. The van der Waals surface area contributed by atoms with Crippen molar-refractivity contribution in [1.82, 2.24) is 19.5 Å². The van der Waals surface area contributed by atoms with E-state index in [9.17, 15) is 0 Å². The minimum Gasteiger partial charge on any atom is -0.478 e. The quantitative estimate of drug-likeness (QED) is 0.733. The van der Waals surface area contributed by atoms with E-state index < -0.39 is 0 Å². The van der Waals surface area contributed by atoms with E-state index in [1.54, 1.807) is 25.7 Å². The summed E-state index contributed by atoms with van der Waals surface area (Å²) >= 11 is 0. The van der Waals surface area contributed by atoms with Crippen molar-refractivity contribution in [3.05, 3.63) is 49.1 Å². The first kappa shape index (κ1) is 12.2.